The van der Waals surface area contributed by atoms with Crippen molar-refractivity contribution in [2.75, 3.05) is 29.9 Å². The maximum atomic E-state index is 12.5. The molecule has 4 rings (SSSR count). The highest BCUT2D eigenvalue weighted by atomic mass is 16.2. The van der Waals surface area contributed by atoms with Crippen molar-refractivity contribution in [3.8, 4) is 0 Å². The Bertz CT molecular complexity index is 951. The van der Waals surface area contributed by atoms with Gasteiger partial charge in [-0.3, -0.25) is 19.4 Å². The second kappa shape index (κ2) is 9.62. The number of pyridine rings is 1. The highest BCUT2D eigenvalue weighted by Gasteiger charge is 2.30. The molecule has 166 valence electrons. The first kappa shape index (κ1) is 21.5. The van der Waals surface area contributed by atoms with Gasteiger partial charge in [0.25, 0.3) is 10.9 Å². The molecule has 1 amide bonds. The molecule has 7 heteroatoms. The van der Waals surface area contributed by atoms with E-state index in [9.17, 15) is 14.4 Å². The Morgan fingerprint density at radius 2 is 1.84 bits per heavy atom. The first-order valence-corrected chi connectivity index (χ1v) is 11.5. The first-order chi connectivity index (χ1) is 15.0. The third kappa shape index (κ3) is 4.97. The number of anilines is 2. The summed E-state index contributed by atoms with van der Waals surface area (Å²) in [6.45, 7) is 5.12. The van der Waals surface area contributed by atoms with Gasteiger partial charge in [-0.2, -0.15) is 0 Å². The van der Waals surface area contributed by atoms with E-state index in [1.54, 1.807) is 12.4 Å². The van der Waals surface area contributed by atoms with E-state index in [2.05, 4.69) is 27.4 Å². The van der Waals surface area contributed by atoms with Crippen LogP contribution < -0.4 is 26.4 Å². The fourth-order valence-corrected chi connectivity index (χ4v) is 4.79. The number of hydrogen-bond acceptors (Lipinski definition) is 6. The van der Waals surface area contributed by atoms with Gasteiger partial charge in [-0.05, 0) is 62.0 Å². The maximum absolute atomic E-state index is 12.5. The lowest BCUT2D eigenvalue weighted by Gasteiger charge is -2.34. The van der Waals surface area contributed by atoms with Gasteiger partial charge < -0.3 is 15.5 Å². The van der Waals surface area contributed by atoms with Gasteiger partial charge in [0.15, 0.2) is 0 Å². The van der Waals surface area contributed by atoms with Crippen LogP contribution in [-0.2, 0) is 11.3 Å². The van der Waals surface area contributed by atoms with E-state index in [0.717, 1.165) is 57.2 Å². The summed E-state index contributed by atoms with van der Waals surface area (Å²) in [5.41, 5.74) is 1.39. The topological polar surface area (TPSA) is 91.4 Å². The summed E-state index contributed by atoms with van der Waals surface area (Å²) in [6, 6.07) is 3.82. The third-order valence-electron chi connectivity index (χ3n) is 6.96. The molecular formula is C24H32N4O3. The average molecular weight is 425 g/mol. The highest BCUT2D eigenvalue weighted by Crippen LogP contribution is 2.31. The Morgan fingerprint density at radius 1 is 1.10 bits per heavy atom. The van der Waals surface area contributed by atoms with Crippen molar-refractivity contribution in [3.63, 3.8) is 0 Å². The molecule has 1 aliphatic heterocycles. The maximum Gasteiger partial charge on any atom is 0.253 e. The zero-order valence-electron chi connectivity index (χ0n) is 18.2. The summed E-state index contributed by atoms with van der Waals surface area (Å²) < 4.78 is 0. The van der Waals surface area contributed by atoms with Crippen molar-refractivity contribution in [2.24, 2.45) is 17.8 Å². The Hall–Kier alpha value is -2.70. The molecule has 2 heterocycles. The van der Waals surface area contributed by atoms with Gasteiger partial charge in [0.05, 0.1) is 0 Å². The smallest absolute Gasteiger partial charge is 0.253 e. The number of piperidine rings is 1. The fraction of sp³-hybridized carbons (Fsp3) is 0.583. The minimum absolute atomic E-state index is 0.0463. The molecule has 2 N–H and O–H groups in total. The summed E-state index contributed by atoms with van der Waals surface area (Å²) in [5.74, 6) is 1.25. The summed E-state index contributed by atoms with van der Waals surface area (Å²) in [6.07, 6.45) is 9.22. The number of aromatic nitrogens is 1. The van der Waals surface area contributed by atoms with Crippen molar-refractivity contribution in [2.45, 2.75) is 52.0 Å². The molecule has 2 aliphatic rings. The van der Waals surface area contributed by atoms with Gasteiger partial charge in [-0.1, -0.05) is 13.0 Å². The van der Waals surface area contributed by atoms with E-state index in [0.29, 0.717) is 36.3 Å². The molecule has 0 bridgehead atoms. The van der Waals surface area contributed by atoms with Gasteiger partial charge in [-0.15, -0.1) is 0 Å². The number of rotatable bonds is 7. The average Bonchev–Trinajstić information content (AvgIpc) is 2.81. The number of nitrogens with zero attached hydrogens (tertiary/aromatic N) is 2. The molecular weight excluding hydrogens is 392 g/mol. The Kier molecular flexibility index (Phi) is 6.68. The van der Waals surface area contributed by atoms with Crippen LogP contribution >= 0.6 is 0 Å². The van der Waals surface area contributed by atoms with Crippen LogP contribution in [0.15, 0.2) is 34.1 Å². The largest absolute Gasteiger partial charge is 0.380 e. The van der Waals surface area contributed by atoms with Gasteiger partial charge in [0.2, 0.25) is 5.91 Å². The summed E-state index contributed by atoms with van der Waals surface area (Å²) in [7, 11) is 0. The van der Waals surface area contributed by atoms with E-state index in [1.165, 1.54) is 0 Å². The van der Waals surface area contributed by atoms with Crippen LogP contribution in [0.4, 0.5) is 11.4 Å². The number of nitrogens with one attached hydrogen (secondary N) is 2. The van der Waals surface area contributed by atoms with Crippen molar-refractivity contribution in [3.05, 3.63) is 50.5 Å². The van der Waals surface area contributed by atoms with E-state index in [4.69, 9.17) is 0 Å². The lowest BCUT2D eigenvalue weighted by atomic mass is 9.81. The van der Waals surface area contributed by atoms with Gasteiger partial charge >= 0.3 is 0 Å². The number of carbonyl (C=O) groups excluding carboxylic acids is 1. The SMILES string of the molecule is CC1CCN(c2c(NCC3CCC(C(=O)NCc4cccnc4)CC3)c(=O)c2=O)CC1. The van der Waals surface area contributed by atoms with E-state index in [-0.39, 0.29) is 22.7 Å². The van der Waals surface area contributed by atoms with Gasteiger partial charge in [0, 0.05) is 44.5 Å². The Balaban J connectivity index is 1.23. The molecule has 0 spiro atoms. The van der Waals surface area contributed by atoms with Crippen LogP contribution in [0.1, 0.15) is 51.0 Å². The zero-order valence-corrected chi connectivity index (χ0v) is 18.2. The second-order valence-electron chi connectivity index (χ2n) is 9.23. The summed E-state index contributed by atoms with van der Waals surface area (Å²) in [4.78, 5) is 42.9. The van der Waals surface area contributed by atoms with Crippen LogP contribution in [0.5, 0.6) is 0 Å². The summed E-state index contributed by atoms with van der Waals surface area (Å²) in [5, 5.41) is 6.30. The summed E-state index contributed by atoms with van der Waals surface area (Å²) >= 11 is 0. The van der Waals surface area contributed by atoms with Crippen LogP contribution in [-0.4, -0.2) is 30.5 Å². The fourth-order valence-electron chi connectivity index (χ4n) is 4.79. The molecule has 0 unspecified atom stereocenters. The molecule has 1 aliphatic carbocycles. The van der Waals surface area contributed by atoms with E-state index in [1.807, 2.05) is 12.1 Å². The highest BCUT2D eigenvalue weighted by molar-refractivity contribution is 5.78. The monoisotopic (exact) mass is 424 g/mol. The molecule has 1 saturated heterocycles. The Morgan fingerprint density at radius 3 is 2.52 bits per heavy atom. The Labute approximate surface area is 182 Å². The second-order valence-corrected chi connectivity index (χ2v) is 9.23. The normalized spacial score (nSPS) is 22.4. The predicted octanol–water partition coefficient (Wildman–Crippen LogP) is 2.45. The van der Waals surface area contributed by atoms with Crippen molar-refractivity contribution < 1.29 is 4.79 Å². The number of amides is 1. The van der Waals surface area contributed by atoms with E-state index >= 15 is 0 Å². The molecule has 2 aromatic rings. The molecule has 1 aromatic heterocycles. The standard InChI is InChI=1S/C24H32N4O3/c1-16-8-11-28(12-9-16)21-20(22(29)23(21)30)26-14-17-4-6-19(7-5-17)24(31)27-15-18-3-2-10-25-13-18/h2-3,10,13,16-17,19,26H,4-9,11-12,14-15H2,1H3,(H,27,31). The lowest BCUT2D eigenvalue weighted by Crippen LogP contribution is -2.45. The van der Waals surface area contributed by atoms with Crippen LogP contribution in [0, 0.1) is 17.8 Å². The van der Waals surface area contributed by atoms with Crippen LogP contribution in [0.3, 0.4) is 0 Å². The van der Waals surface area contributed by atoms with Crippen LogP contribution in [0.2, 0.25) is 0 Å². The molecule has 1 aromatic carbocycles. The molecule has 2 fully saturated rings. The zero-order chi connectivity index (χ0) is 21.8. The quantitative estimate of drug-likeness (QED) is 0.664. The van der Waals surface area contributed by atoms with Gasteiger partial charge in [0.1, 0.15) is 11.4 Å². The molecule has 0 atom stereocenters. The van der Waals surface area contributed by atoms with Gasteiger partial charge in [-0.25, -0.2) is 0 Å². The number of hydrogen-bond donors (Lipinski definition) is 2. The molecule has 1 saturated carbocycles. The van der Waals surface area contributed by atoms with Crippen molar-refractivity contribution >= 4 is 17.3 Å². The molecule has 7 nitrogen and oxygen atoms in total. The number of carbonyl (C=O) groups is 1. The molecule has 31 heavy (non-hydrogen) atoms. The predicted molar refractivity (Wildman–Crippen MR) is 122 cm³/mol. The van der Waals surface area contributed by atoms with Crippen LogP contribution in [0.25, 0.3) is 0 Å². The third-order valence-corrected chi connectivity index (χ3v) is 6.96. The van der Waals surface area contributed by atoms with Crippen molar-refractivity contribution in [1.29, 1.82) is 0 Å². The minimum Gasteiger partial charge on any atom is -0.380 e. The van der Waals surface area contributed by atoms with E-state index < -0.39 is 0 Å². The lowest BCUT2D eigenvalue weighted by molar-refractivity contribution is -0.126. The minimum atomic E-state index is -0.378. The van der Waals surface area contributed by atoms with Crippen molar-refractivity contribution in [1.82, 2.24) is 10.3 Å². The first-order valence-electron chi connectivity index (χ1n) is 11.5. The molecule has 0 radical (unpaired) electrons.